The molecule has 3 aromatic heterocycles. The number of carbonyl (C=O) groups is 1. The molecule has 4 heterocycles. The van der Waals surface area contributed by atoms with Gasteiger partial charge in [-0.05, 0) is 31.0 Å². The van der Waals surface area contributed by atoms with E-state index in [2.05, 4.69) is 15.3 Å². The minimum absolute atomic E-state index is 0.00687. The summed E-state index contributed by atoms with van der Waals surface area (Å²) < 4.78 is 29.4. The number of pyridine rings is 1. The highest BCUT2D eigenvalue weighted by molar-refractivity contribution is 5.92. The van der Waals surface area contributed by atoms with E-state index in [1.807, 2.05) is 17.0 Å². The fourth-order valence-corrected chi connectivity index (χ4v) is 3.85. The van der Waals surface area contributed by atoms with E-state index in [1.165, 1.54) is 14.0 Å². The molecule has 31 heavy (non-hydrogen) atoms. The Bertz CT molecular complexity index is 1190. The minimum atomic E-state index is -2.71. The standard InChI is InChI=1S/C20H21F2N7O2/c1-26-19(31)28-9-6-14(12-17(28)25-26)29(13-2-3-13)16-5-4-15(23-24-16)18(30)27-10-7-20(21,22)8-11-27/h4-6,9,12-13H,2-3,7-8,10-11H2,1H3. The molecule has 0 N–H and O–H groups in total. The van der Waals surface area contributed by atoms with Gasteiger partial charge in [0.1, 0.15) is 0 Å². The number of amides is 1. The maximum Gasteiger partial charge on any atom is 0.350 e. The number of alkyl halides is 2. The van der Waals surface area contributed by atoms with Crippen LogP contribution in [0.15, 0.2) is 35.3 Å². The molecule has 2 fully saturated rings. The van der Waals surface area contributed by atoms with Crippen LogP contribution in [-0.2, 0) is 7.05 Å². The molecule has 3 aromatic rings. The van der Waals surface area contributed by atoms with Crippen molar-refractivity contribution in [1.82, 2.24) is 29.3 Å². The molecule has 162 valence electrons. The molecule has 1 aliphatic heterocycles. The number of rotatable bonds is 4. The first kappa shape index (κ1) is 19.6. The highest BCUT2D eigenvalue weighted by Crippen LogP contribution is 2.37. The maximum atomic E-state index is 13.4. The van der Waals surface area contributed by atoms with Crippen molar-refractivity contribution in [3.63, 3.8) is 0 Å². The Morgan fingerprint density at radius 1 is 1.16 bits per heavy atom. The molecule has 0 spiro atoms. The van der Waals surface area contributed by atoms with Crippen LogP contribution in [0.1, 0.15) is 36.2 Å². The number of aryl methyl sites for hydroxylation is 1. The number of hydrogen-bond acceptors (Lipinski definition) is 6. The van der Waals surface area contributed by atoms with Crippen LogP contribution in [0.2, 0.25) is 0 Å². The second-order valence-corrected chi connectivity index (χ2v) is 8.05. The molecule has 0 atom stereocenters. The van der Waals surface area contributed by atoms with Crippen LogP contribution in [0.5, 0.6) is 0 Å². The van der Waals surface area contributed by atoms with Gasteiger partial charge in [-0.1, -0.05) is 0 Å². The van der Waals surface area contributed by atoms with Gasteiger partial charge in [0.15, 0.2) is 17.2 Å². The van der Waals surface area contributed by atoms with Gasteiger partial charge in [0.05, 0.1) is 0 Å². The third kappa shape index (κ3) is 3.64. The predicted octanol–water partition coefficient (Wildman–Crippen LogP) is 1.99. The Labute approximate surface area is 175 Å². The SMILES string of the molecule is Cn1nc2cc(N(c3ccc(C(=O)N4CCC(F)(F)CC4)nn3)C3CC3)ccn2c1=O. The van der Waals surface area contributed by atoms with Crippen LogP contribution in [0.25, 0.3) is 5.65 Å². The van der Waals surface area contributed by atoms with Crippen molar-refractivity contribution in [3.8, 4) is 0 Å². The molecule has 0 radical (unpaired) electrons. The number of piperidine rings is 1. The summed E-state index contributed by atoms with van der Waals surface area (Å²) in [6.45, 7) is 0.0137. The van der Waals surface area contributed by atoms with E-state index >= 15 is 0 Å². The monoisotopic (exact) mass is 429 g/mol. The Morgan fingerprint density at radius 3 is 2.55 bits per heavy atom. The van der Waals surface area contributed by atoms with Gasteiger partial charge in [0.25, 0.3) is 11.8 Å². The zero-order valence-electron chi connectivity index (χ0n) is 16.9. The fraction of sp³-hybridized carbons (Fsp3) is 0.450. The molecular formula is C20H21F2N7O2. The molecule has 1 saturated carbocycles. The van der Waals surface area contributed by atoms with Crippen LogP contribution in [0.3, 0.4) is 0 Å². The second kappa shape index (κ2) is 7.10. The number of likely N-dealkylation sites (tertiary alicyclic amines) is 1. The van der Waals surface area contributed by atoms with E-state index in [-0.39, 0.29) is 49.3 Å². The van der Waals surface area contributed by atoms with E-state index in [0.717, 1.165) is 18.5 Å². The average Bonchev–Trinajstić information content (AvgIpc) is 3.54. The summed E-state index contributed by atoms with van der Waals surface area (Å²) in [7, 11) is 1.60. The topological polar surface area (TPSA) is 88.6 Å². The summed E-state index contributed by atoms with van der Waals surface area (Å²) >= 11 is 0. The lowest BCUT2D eigenvalue weighted by Gasteiger charge is -2.31. The van der Waals surface area contributed by atoms with Gasteiger partial charge in [-0.3, -0.25) is 9.20 Å². The average molecular weight is 429 g/mol. The Hall–Kier alpha value is -3.37. The zero-order chi connectivity index (χ0) is 21.8. The lowest BCUT2D eigenvalue weighted by Crippen LogP contribution is -2.43. The van der Waals surface area contributed by atoms with Crippen molar-refractivity contribution < 1.29 is 13.6 Å². The molecular weight excluding hydrogens is 408 g/mol. The molecule has 1 amide bonds. The Balaban J connectivity index is 1.40. The van der Waals surface area contributed by atoms with Crippen molar-refractivity contribution in [2.24, 2.45) is 7.05 Å². The first-order chi connectivity index (χ1) is 14.8. The van der Waals surface area contributed by atoms with Crippen LogP contribution >= 0.6 is 0 Å². The largest absolute Gasteiger partial charge is 0.350 e. The summed E-state index contributed by atoms with van der Waals surface area (Å²) in [5.41, 5.74) is 1.26. The zero-order valence-corrected chi connectivity index (χ0v) is 16.9. The molecule has 11 heteroatoms. The van der Waals surface area contributed by atoms with Crippen LogP contribution in [0.4, 0.5) is 20.3 Å². The number of anilines is 2. The first-order valence-corrected chi connectivity index (χ1v) is 10.2. The molecule has 5 rings (SSSR count). The van der Waals surface area contributed by atoms with Gasteiger partial charge in [0.2, 0.25) is 0 Å². The molecule has 2 aliphatic rings. The van der Waals surface area contributed by atoms with E-state index in [9.17, 15) is 18.4 Å². The van der Waals surface area contributed by atoms with Gasteiger partial charge < -0.3 is 9.80 Å². The molecule has 1 aliphatic carbocycles. The first-order valence-electron chi connectivity index (χ1n) is 10.2. The summed E-state index contributed by atoms with van der Waals surface area (Å²) in [5, 5.41) is 12.6. The van der Waals surface area contributed by atoms with Crippen molar-refractivity contribution in [3.05, 3.63) is 46.6 Å². The van der Waals surface area contributed by atoms with Gasteiger partial charge in [-0.25, -0.2) is 18.3 Å². The summed E-state index contributed by atoms with van der Waals surface area (Å²) in [4.78, 5) is 28.1. The van der Waals surface area contributed by atoms with E-state index < -0.39 is 5.92 Å². The lowest BCUT2D eigenvalue weighted by atomic mass is 10.1. The number of nitrogens with zero attached hydrogens (tertiary/aromatic N) is 7. The Morgan fingerprint density at radius 2 is 1.90 bits per heavy atom. The molecule has 0 bridgehead atoms. The molecule has 1 saturated heterocycles. The third-order valence-corrected chi connectivity index (χ3v) is 5.74. The number of fused-ring (bicyclic) bond motifs is 1. The summed E-state index contributed by atoms with van der Waals surface area (Å²) in [6.07, 6.45) is 2.99. The van der Waals surface area contributed by atoms with E-state index in [4.69, 9.17) is 0 Å². The van der Waals surface area contributed by atoms with Gasteiger partial charge in [0, 0.05) is 57.0 Å². The molecule has 9 nitrogen and oxygen atoms in total. The number of hydrogen-bond donors (Lipinski definition) is 0. The second-order valence-electron chi connectivity index (χ2n) is 8.05. The normalized spacial score (nSPS) is 18.4. The van der Waals surface area contributed by atoms with Gasteiger partial charge >= 0.3 is 5.69 Å². The number of halogens is 2. The lowest BCUT2D eigenvalue weighted by molar-refractivity contribution is -0.0495. The van der Waals surface area contributed by atoms with Crippen LogP contribution < -0.4 is 10.6 Å². The Kier molecular flexibility index (Phi) is 4.49. The van der Waals surface area contributed by atoms with Crippen LogP contribution in [-0.4, -0.2) is 60.2 Å². The summed E-state index contributed by atoms with van der Waals surface area (Å²) in [5.74, 6) is -2.52. The highest BCUT2D eigenvalue weighted by atomic mass is 19.3. The third-order valence-electron chi connectivity index (χ3n) is 5.74. The predicted molar refractivity (Wildman–Crippen MR) is 108 cm³/mol. The van der Waals surface area contributed by atoms with Crippen molar-refractivity contribution in [1.29, 1.82) is 0 Å². The summed E-state index contributed by atoms with van der Waals surface area (Å²) in [6, 6.07) is 7.18. The van der Waals surface area contributed by atoms with Crippen molar-refractivity contribution in [2.75, 3.05) is 18.0 Å². The number of carbonyl (C=O) groups excluding carboxylic acids is 1. The van der Waals surface area contributed by atoms with Crippen molar-refractivity contribution in [2.45, 2.75) is 37.6 Å². The minimum Gasteiger partial charge on any atom is -0.337 e. The number of aromatic nitrogens is 5. The quantitative estimate of drug-likeness (QED) is 0.630. The van der Waals surface area contributed by atoms with Gasteiger partial charge in [-0.15, -0.1) is 10.2 Å². The maximum absolute atomic E-state index is 13.4. The highest BCUT2D eigenvalue weighted by Gasteiger charge is 2.36. The van der Waals surface area contributed by atoms with Gasteiger partial charge in [-0.2, -0.15) is 5.10 Å². The molecule has 0 unspecified atom stereocenters. The smallest absolute Gasteiger partial charge is 0.337 e. The van der Waals surface area contributed by atoms with E-state index in [0.29, 0.717) is 11.5 Å². The van der Waals surface area contributed by atoms with Crippen LogP contribution in [0, 0.1) is 0 Å². The molecule has 0 aromatic carbocycles. The van der Waals surface area contributed by atoms with Crippen molar-refractivity contribution >= 4 is 23.1 Å². The van der Waals surface area contributed by atoms with E-state index in [1.54, 1.807) is 25.4 Å². The fourth-order valence-electron chi connectivity index (χ4n) is 3.85.